The molecular weight excluding hydrogens is 757 g/mol. The van der Waals surface area contributed by atoms with E-state index >= 15 is 0 Å². The molecule has 0 amide bonds. The van der Waals surface area contributed by atoms with Gasteiger partial charge in [0.15, 0.2) is 40.5 Å². The van der Waals surface area contributed by atoms with Crippen molar-refractivity contribution >= 4 is 53.3 Å². The molecule has 0 bridgehead atoms. The van der Waals surface area contributed by atoms with Crippen LogP contribution >= 0.6 is 11.3 Å². The molecule has 10 rings (SSSR count). The third kappa shape index (κ3) is 5.04. The zero-order valence-electron chi connectivity index (χ0n) is 29.8. The molecule has 0 radical (unpaired) electrons. The summed E-state index contributed by atoms with van der Waals surface area (Å²) < 4.78 is 2.64. The van der Waals surface area contributed by atoms with Crippen molar-refractivity contribution in [1.82, 2.24) is 19.5 Å². The van der Waals surface area contributed by atoms with Crippen molar-refractivity contribution in [3.8, 4) is 97.0 Å². The molecule has 0 atom stereocenters. The molecule has 7 aromatic carbocycles. The Labute approximate surface area is 331 Å². The van der Waals surface area contributed by atoms with Gasteiger partial charge in [-0.05, 0) is 29.3 Å². The van der Waals surface area contributed by atoms with E-state index in [0.29, 0.717) is 33.4 Å². The average Bonchev–Trinajstić information content (AvgIpc) is 3.83. The normalized spacial score (nSPS) is 11.7. The maximum Gasteiger partial charge on any atom is 0.206 e. The van der Waals surface area contributed by atoms with Gasteiger partial charge in [0.2, 0.25) is 23.0 Å². The third-order valence-corrected chi connectivity index (χ3v) is 11.5. The summed E-state index contributed by atoms with van der Waals surface area (Å²) in [6, 6.07) is 38.7. The lowest BCUT2D eigenvalue weighted by molar-refractivity contribution is 0.350. The lowest BCUT2D eigenvalue weighted by Gasteiger charge is -2.13. The van der Waals surface area contributed by atoms with Crippen molar-refractivity contribution in [2.75, 3.05) is 0 Å². The van der Waals surface area contributed by atoms with Crippen LogP contribution in [0.4, 0.5) is 0 Å². The molecule has 0 aliphatic carbocycles. The Bertz CT molecular complexity index is 3250. The first kappa shape index (κ1) is 34.5. The van der Waals surface area contributed by atoms with Crippen LogP contribution in [0.2, 0.25) is 0 Å². The van der Waals surface area contributed by atoms with Crippen LogP contribution < -0.4 is 0 Å². The molecule has 12 nitrogen and oxygen atoms in total. The number of phenolic OH excluding ortho intramolecular Hbond substituents is 8. The number of rotatable bonds is 5. The largest absolute Gasteiger partial charge is 0.504 e. The van der Waals surface area contributed by atoms with E-state index in [4.69, 9.17) is 15.0 Å². The van der Waals surface area contributed by atoms with Crippen molar-refractivity contribution in [3.05, 3.63) is 121 Å². The molecule has 282 valence electrons. The molecule has 0 fully saturated rings. The van der Waals surface area contributed by atoms with Gasteiger partial charge in [0.05, 0.1) is 21.2 Å². The summed E-state index contributed by atoms with van der Waals surface area (Å²) >= 11 is 1.34. The maximum atomic E-state index is 11.2. The van der Waals surface area contributed by atoms with Crippen LogP contribution in [-0.2, 0) is 0 Å². The Hall–Kier alpha value is -8.03. The van der Waals surface area contributed by atoms with Gasteiger partial charge in [0.25, 0.3) is 0 Å². The first-order chi connectivity index (χ1) is 28.1. The Morgan fingerprint density at radius 3 is 1.47 bits per heavy atom. The van der Waals surface area contributed by atoms with E-state index < -0.39 is 56.8 Å². The second kappa shape index (κ2) is 12.8. The van der Waals surface area contributed by atoms with E-state index in [1.807, 2.05) is 109 Å². The van der Waals surface area contributed by atoms with E-state index in [-0.39, 0.29) is 11.0 Å². The second-order valence-corrected chi connectivity index (χ2v) is 14.7. The number of thiophene rings is 1. The molecule has 0 unspecified atom stereocenters. The first-order valence-electron chi connectivity index (χ1n) is 17.8. The summed E-state index contributed by atoms with van der Waals surface area (Å²) in [5.74, 6) is -6.58. The van der Waals surface area contributed by atoms with Crippen LogP contribution in [0.25, 0.3) is 93.0 Å². The predicted molar refractivity (Wildman–Crippen MR) is 222 cm³/mol. The molecule has 8 N–H and O–H groups in total. The van der Waals surface area contributed by atoms with Gasteiger partial charge in [0, 0.05) is 32.2 Å². The topological polar surface area (TPSA) is 205 Å². The number of fused-ring (bicyclic) bond motifs is 6. The minimum atomic E-state index is -1.09. The minimum absolute atomic E-state index is 0.298. The SMILES string of the molecule is Oc1c(O)c(O)c2c(c1O)c1c(O)c(O)c(O)c(O)c1n2-c1cccc2c1sc1cc(-c3nc(-c4ccccc4)nc(-c4cccc(-c5ccccc5)c4)n3)ccc12. The fourth-order valence-electron chi connectivity index (χ4n) is 7.55. The van der Waals surface area contributed by atoms with Gasteiger partial charge < -0.3 is 45.4 Å². The number of aromatic nitrogens is 4. The highest BCUT2D eigenvalue weighted by molar-refractivity contribution is 7.26. The molecular formula is C45H28N4O8S. The molecule has 10 aromatic rings. The van der Waals surface area contributed by atoms with Crippen LogP contribution in [-0.4, -0.2) is 60.4 Å². The molecule has 0 aliphatic rings. The summed E-state index contributed by atoms with van der Waals surface area (Å²) in [4.78, 5) is 14.8. The number of aromatic hydroxyl groups is 8. The second-order valence-electron chi connectivity index (χ2n) is 13.7. The van der Waals surface area contributed by atoms with Crippen molar-refractivity contribution in [2.45, 2.75) is 0 Å². The smallest absolute Gasteiger partial charge is 0.206 e. The summed E-state index contributed by atoms with van der Waals surface area (Å²) in [7, 11) is 0. The van der Waals surface area contributed by atoms with Crippen LogP contribution in [0.3, 0.4) is 0 Å². The number of benzene rings is 7. The molecule has 0 aliphatic heterocycles. The molecule has 0 saturated heterocycles. The van der Waals surface area contributed by atoms with Crippen LogP contribution in [0.1, 0.15) is 0 Å². The van der Waals surface area contributed by atoms with Crippen LogP contribution in [0.5, 0.6) is 46.0 Å². The maximum absolute atomic E-state index is 11.2. The quantitative estimate of drug-likeness (QED) is 0.0609. The highest BCUT2D eigenvalue weighted by atomic mass is 32.1. The Morgan fingerprint density at radius 2 is 0.862 bits per heavy atom. The highest BCUT2D eigenvalue weighted by Crippen LogP contribution is 2.59. The Kier molecular flexibility index (Phi) is 7.58. The minimum Gasteiger partial charge on any atom is -0.504 e. The Balaban J connectivity index is 1.19. The van der Waals surface area contributed by atoms with Crippen LogP contribution in [0, 0.1) is 0 Å². The van der Waals surface area contributed by atoms with Crippen molar-refractivity contribution in [2.24, 2.45) is 0 Å². The molecule has 58 heavy (non-hydrogen) atoms. The molecule has 3 aromatic heterocycles. The van der Waals surface area contributed by atoms with Gasteiger partial charge in [-0.1, -0.05) is 103 Å². The summed E-state index contributed by atoms with van der Waals surface area (Å²) in [6.45, 7) is 0. The summed E-state index contributed by atoms with van der Waals surface area (Å²) in [5, 5.41) is 87.5. The van der Waals surface area contributed by atoms with Crippen molar-refractivity contribution in [3.63, 3.8) is 0 Å². The van der Waals surface area contributed by atoms with Gasteiger partial charge in [-0.25, -0.2) is 15.0 Å². The first-order valence-corrected chi connectivity index (χ1v) is 18.7. The zero-order chi connectivity index (χ0) is 40.0. The molecule has 0 spiro atoms. The molecule has 0 saturated carbocycles. The fourth-order valence-corrected chi connectivity index (χ4v) is 8.80. The fraction of sp³-hybridized carbons (Fsp3) is 0. The van der Waals surface area contributed by atoms with Gasteiger partial charge >= 0.3 is 0 Å². The summed E-state index contributed by atoms with van der Waals surface area (Å²) in [5.41, 5.74) is 4.03. The molecule has 13 heteroatoms. The van der Waals surface area contributed by atoms with Gasteiger partial charge in [-0.15, -0.1) is 11.3 Å². The lowest BCUT2D eigenvalue weighted by Crippen LogP contribution is -2.00. The van der Waals surface area contributed by atoms with Crippen LogP contribution in [0.15, 0.2) is 121 Å². The standard InChI is InChI=1S/C45H28N4O8S/c50-34-30-31-33(37(53)41(57)39(55)35(31)51)49(32(30)36(52)40(56)38(34)54)28-16-8-15-27-26-18-17-25(20-29(26)58-42(27)28)45-47-43(22-11-5-2-6-12-22)46-44(48-45)24-14-7-13-23(19-24)21-9-3-1-4-10-21/h1-20,50-57H. The third-order valence-electron chi connectivity index (χ3n) is 10.3. The molecule has 3 heterocycles. The van der Waals surface area contributed by atoms with E-state index in [1.54, 1.807) is 12.1 Å². The van der Waals surface area contributed by atoms with Crippen molar-refractivity contribution in [1.29, 1.82) is 0 Å². The van der Waals surface area contributed by atoms with E-state index in [0.717, 1.165) is 37.7 Å². The Morgan fingerprint density at radius 1 is 0.379 bits per heavy atom. The van der Waals surface area contributed by atoms with Gasteiger partial charge in [0.1, 0.15) is 11.0 Å². The van der Waals surface area contributed by atoms with Gasteiger partial charge in [-0.2, -0.15) is 0 Å². The van der Waals surface area contributed by atoms with E-state index in [1.165, 1.54) is 15.9 Å². The zero-order valence-corrected chi connectivity index (χ0v) is 30.6. The van der Waals surface area contributed by atoms with Gasteiger partial charge in [-0.3, -0.25) is 0 Å². The number of hydrogen-bond donors (Lipinski definition) is 8. The number of phenols is 8. The lowest BCUT2D eigenvalue weighted by atomic mass is 10.0. The van der Waals surface area contributed by atoms with E-state index in [2.05, 4.69) is 0 Å². The monoisotopic (exact) mass is 784 g/mol. The summed E-state index contributed by atoms with van der Waals surface area (Å²) in [6.07, 6.45) is 0. The predicted octanol–water partition coefficient (Wildman–Crippen LogP) is 9.65. The average molecular weight is 785 g/mol. The van der Waals surface area contributed by atoms with E-state index in [9.17, 15) is 40.9 Å². The highest BCUT2D eigenvalue weighted by Gasteiger charge is 2.32. The number of hydrogen-bond acceptors (Lipinski definition) is 12. The van der Waals surface area contributed by atoms with Crippen molar-refractivity contribution < 1.29 is 40.9 Å². The number of nitrogens with zero attached hydrogens (tertiary/aromatic N) is 4.